The molecular weight excluding hydrogens is 236 g/mol. The number of nitrogens with one attached hydrogen (secondary N) is 1. The van der Waals surface area contributed by atoms with Gasteiger partial charge in [-0.1, -0.05) is 6.92 Å². The predicted octanol–water partition coefficient (Wildman–Crippen LogP) is 2.02. The van der Waals surface area contributed by atoms with Gasteiger partial charge in [0.1, 0.15) is 0 Å². The van der Waals surface area contributed by atoms with Crippen LogP contribution in [0.2, 0.25) is 0 Å². The Balaban J connectivity index is 1.48. The normalized spacial score (nSPS) is 44.7. The Morgan fingerprint density at radius 1 is 1.11 bits per heavy atom. The summed E-state index contributed by atoms with van der Waals surface area (Å²) in [6.45, 7) is 5.82. The maximum Gasteiger partial charge on any atom is 0.0759 e. The number of ether oxygens (including phenoxy) is 1. The molecule has 0 amide bonds. The summed E-state index contributed by atoms with van der Waals surface area (Å²) in [5.74, 6) is 1.86. The summed E-state index contributed by atoms with van der Waals surface area (Å²) in [6.07, 6.45) is 8.84. The van der Waals surface area contributed by atoms with Crippen LogP contribution in [-0.2, 0) is 4.74 Å². The molecular formula is C16H28N2O. The zero-order valence-electron chi connectivity index (χ0n) is 12.2. The lowest BCUT2D eigenvalue weighted by molar-refractivity contribution is 0.00900. The van der Waals surface area contributed by atoms with E-state index in [1.165, 1.54) is 51.6 Å². The monoisotopic (exact) mass is 264 g/mol. The van der Waals surface area contributed by atoms with Gasteiger partial charge >= 0.3 is 0 Å². The van der Waals surface area contributed by atoms with Crippen LogP contribution in [0.1, 0.15) is 45.4 Å². The quantitative estimate of drug-likeness (QED) is 0.841. The van der Waals surface area contributed by atoms with Gasteiger partial charge in [-0.15, -0.1) is 0 Å². The lowest BCUT2D eigenvalue weighted by atomic mass is 9.96. The molecule has 3 nitrogen and oxygen atoms in total. The minimum Gasteiger partial charge on any atom is -0.376 e. The van der Waals surface area contributed by atoms with Crippen molar-refractivity contribution in [3.63, 3.8) is 0 Å². The number of rotatable bonds is 4. The summed E-state index contributed by atoms with van der Waals surface area (Å²) < 4.78 is 6.08. The van der Waals surface area contributed by atoms with Crippen molar-refractivity contribution >= 4 is 0 Å². The Hall–Kier alpha value is -0.120. The molecule has 4 atom stereocenters. The van der Waals surface area contributed by atoms with Crippen LogP contribution in [0.25, 0.3) is 0 Å². The lowest BCUT2D eigenvalue weighted by Crippen LogP contribution is -2.61. The number of hydrogen-bond donors (Lipinski definition) is 1. The Morgan fingerprint density at radius 3 is 2.58 bits per heavy atom. The Bertz CT molecular complexity index is 327. The molecule has 0 radical (unpaired) electrons. The summed E-state index contributed by atoms with van der Waals surface area (Å²) in [5.41, 5.74) is 0. The minimum absolute atomic E-state index is 0.562. The van der Waals surface area contributed by atoms with Crippen LogP contribution in [0.15, 0.2) is 0 Å². The van der Waals surface area contributed by atoms with Crippen molar-refractivity contribution in [2.24, 2.45) is 11.8 Å². The Labute approximate surface area is 117 Å². The third-order valence-electron chi connectivity index (χ3n) is 5.77. The van der Waals surface area contributed by atoms with E-state index >= 15 is 0 Å². The second-order valence-electron chi connectivity index (χ2n) is 7.14. The SMILES string of the molecule is CCC1CNC(C2CC2)CN1C1CCOC1C1CC1. The van der Waals surface area contributed by atoms with Crippen LogP contribution in [0.3, 0.4) is 0 Å². The second kappa shape index (κ2) is 5.01. The van der Waals surface area contributed by atoms with Crippen molar-refractivity contribution in [1.82, 2.24) is 10.2 Å². The van der Waals surface area contributed by atoms with Crippen LogP contribution in [0.5, 0.6) is 0 Å². The molecule has 4 rings (SSSR count). The third kappa shape index (κ3) is 2.45. The van der Waals surface area contributed by atoms with Crippen LogP contribution in [0.4, 0.5) is 0 Å². The van der Waals surface area contributed by atoms with Gasteiger partial charge in [0.25, 0.3) is 0 Å². The maximum atomic E-state index is 6.08. The standard InChI is InChI=1S/C16H28N2O/c1-2-13-9-17-14(11-3-4-11)10-18(13)15-7-8-19-16(15)12-5-6-12/h11-17H,2-10H2,1H3. The highest BCUT2D eigenvalue weighted by Crippen LogP contribution is 2.42. The average Bonchev–Trinajstić information content (AvgIpc) is 3.36. The van der Waals surface area contributed by atoms with Gasteiger partial charge in [0.05, 0.1) is 6.10 Å². The zero-order chi connectivity index (χ0) is 12.8. The molecule has 0 aromatic carbocycles. The molecule has 4 aliphatic rings. The summed E-state index contributed by atoms with van der Waals surface area (Å²) in [6, 6.07) is 2.23. The molecule has 0 aromatic heterocycles. The van der Waals surface area contributed by atoms with Gasteiger partial charge in [-0.25, -0.2) is 0 Å². The summed E-state index contributed by atoms with van der Waals surface area (Å²) in [7, 11) is 0. The van der Waals surface area contributed by atoms with E-state index in [2.05, 4.69) is 17.1 Å². The lowest BCUT2D eigenvalue weighted by Gasteiger charge is -2.45. The second-order valence-corrected chi connectivity index (χ2v) is 7.14. The first-order valence-corrected chi connectivity index (χ1v) is 8.47. The molecule has 1 N–H and O–H groups in total. The number of piperazine rings is 1. The van der Waals surface area contributed by atoms with E-state index in [1.807, 2.05) is 0 Å². The first-order valence-electron chi connectivity index (χ1n) is 8.47. The topological polar surface area (TPSA) is 24.5 Å². The van der Waals surface area contributed by atoms with Gasteiger partial charge in [-0.05, 0) is 50.4 Å². The average molecular weight is 264 g/mol. The largest absolute Gasteiger partial charge is 0.376 e. The first-order chi connectivity index (χ1) is 9.36. The van der Waals surface area contributed by atoms with Gasteiger partial charge in [0, 0.05) is 37.8 Å². The molecule has 19 heavy (non-hydrogen) atoms. The number of nitrogens with zero attached hydrogens (tertiary/aromatic N) is 1. The van der Waals surface area contributed by atoms with Gasteiger partial charge < -0.3 is 10.1 Å². The van der Waals surface area contributed by atoms with E-state index in [9.17, 15) is 0 Å². The molecule has 4 fully saturated rings. The van der Waals surface area contributed by atoms with E-state index < -0.39 is 0 Å². The van der Waals surface area contributed by atoms with E-state index in [-0.39, 0.29) is 0 Å². The van der Waals surface area contributed by atoms with Crippen molar-refractivity contribution in [3.05, 3.63) is 0 Å². The summed E-state index contributed by atoms with van der Waals surface area (Å²) in [4.78, 5) is 2.84. The van der Waals surface area contributed by atoms with Crippen molar-refractivity contribution in [1.29, 1.82) is 0 Å². The van der Waals surface area contributed by atoms with Crippen molar-refractivity contribution in [2.45, 2.75) is 69.7 Å². The van der Waals surface area contributed by atoms with E-state index in [0.29, 0.717) is 6.10 Å². The third-order valence-corrected chi connectivity index (χ3v) is 5.77. The molecule has 108 valence electrons. The predicted molar refractivity (Wildman–Crippen MR) is 76.2 cm³/mol. The molecule has 3 heteroatoms. The van der Waals surface area contributed by atoms with Crippen LogP contribution in [0, 0.1) is 11.8 Å². The fourth-order valence-electron chi connectivity index (χ4n) is 4.27. The highest BCUT2D eigenvalue weighted by atomic mass is 16.5. The van der Waals surface area contributed by atoms with Gasteiger partial charge in [-0.3, -0.25) is 4.90 Å². The van der Waals surface area contributed by atoms with Gasteiger partial charge in [0.15, 0.2) is 0 Å². The highest BCUT2D eigenvalue weighted by Gasteiger charge is 2.47. The smallest absolute Gasteiger partial charge is 0.0759 e. The molecule has 2 saturated heterocycles. The Kier molecular flexibility index (Phi) is 3.33. The van der Waals surface area contributed by atoms with Crippen LogP contribution < -0.4 is 5.32 Å². The molecule has 2 saturated carbocycles. The molecule has 0 bridgehead atoms. The van der Waals surface area contributed by atoms with Crippen molar-refractivity contribution in [3.8, 4) is 0 Å². The minimum atomic E-state index is 0.562. The Morgan fingerprint density at radius 2 is 1.89 bits per heavy atom. The molecule has 0 aromatic rings. The number of hydrogen-bond acceptors (Lipinski definition) is 3. The molecule has 0 spiro atoms. The van der Waals surface area contributed by atoms with Crippen LogP contribution >= 0.6 is 0 Å². The van der Waals surface area contributed by atoms with Crippen molar-refractivity contribution in [2.75, 3.05) is 19.7 Å². The maximum absolute atomic E-state index is 6.08. The van der Waals surface area contributed by atoms with Crippen molar-refractivity contribution < 1.29 is 4.74 Å². The molecule has 2 aliphatic carbocycles. The summed E-state index contributed by atoms with van der Waals surface area (Å²) in [5, 5.41) is 3.81. The van der Waals surface area contributed by atoms with Gasteiger partial charge in [-0.2, -0.15) is 0 Å². The zero-order valence-corrected chi connectivity index (χ0v) is 12.2. The van der Waals surface area contributed by atoms with Gasteiger partial charge in [0.2, 0.25) is 0 Å². The van der Waals surface area contributed by atoms with E-state index in [0.717, 1.165) is 36.6 Å². The van der Waals surface area contributed by atoms with E-state index in [4.69, 9.17) is 4.74 Å². The molecule has 2 aliphatic heterocycles. The summed E-state index contributed by atoms with van der Waals surface area (Å²) >= 11 is 0. The fraction of sp³-hybridized carbons (Fsp3) is 1.00. The van der Waals surface area contributed by atoms with E-state index in [1.54, 1.807) is 0 Å². The molecule has 2 heterocycles. The fourth-order valence-corrected chi connectivity index (χ4v) is 4.27. The highest BCUT2D eigenvalue weighted by molar-refractivity contribution is 5.01. The molecule has 4 unspecified atom stereocenters. The first kappa shape index (κ1) is 12.6. The van der Waals surface area contributed by atoms with Crippen LogP contribution in [-0.4, -0.2) is 48.8 Å².